The van der Waals surface area contributed by atoms with Gasteiger partial charge in [0.1, 0.15) is 24.2 Å². The summed E-state index contributed by atoms with van der Waals surface area (Å²) in [6.45, 7) is 6.13. The first-order valence-electron chi connectivity index (χ1n) is 8.10. The van der Waals surface area contributed by atoms with Gasteiger partial charge in [-0.1, -0.05) is 25.5 Å². The number of nitrogens with zero attached hydrogens (tertiary/aromatic N) is 3. The molecule has 0 saturated heterocycles. The van der Waals surface area contributed by atoms with Crippen molar-refractivity contribution in [3.05, 3.63) is 30.9 Å². The highest BCUT2D eigenvalue weighted by molar-refractivity contribution is 7.86. The van der Waals surface area contributed by atoms with E-state index in [1.165, 1.54) is 10.9 Å². The molecule has 0 unspecified atom stereocenters. The first-order valence-corrected chi connectivity index (χ1v) is 9.68. The second kappa shape index (κ2) is 9.78. The first kappa shape index (κ1) is 24.5. The maximum Gasteiger partial charge on any atom is 0.430 e. The van der Waals surface area contributed by atoms with Crippen LogP contribution in [0.5, 0.6) is 0 Å². The molecule has 0 atom stereocenters. The molecule has 162 valence electrons. The van der Waals surface area contributed by atoms with E-state index in [0.29, 0.717) is 5.89 Å². The first-order chi connectivity index (χ1) is 13.2. The molecule has 2 rings (SSSR count). The van der Waals surface area contributed by atoms with Crippen molar-refractivity contribution in [3.63, 3.8) is 0 Å². The minimum absolute atomic E-state index is 0.126. The lowest BCUT2D eigenvalue weighted by Crippen LogP contribution is -2.40. The van der Waals surface area contributed by atoms with Gasteiger partial charge >= 0.3 is 6.18 Å². The Balaban J connectivity index is 0.000000516. The van der Waals surface area contributed by atoms with Crippen LogP contribution in [0.1, 0.15) is 20.8 Å². The number of carboxylic acid groups (broad SMARTS) is 1. The third-order valence-electron chi connectivity index (χ3n) is 2.92. The summed E-state index contributed by atoms with van der Waals surface area (Å²) in [6.07, 6.45) is 1.10. The highest BCUT2D eigenvalue weighted by Gasteiger charge is 2.28. The van der Waals surface area contributed by atoms with Crippen LogP contribution in [-0.4, -0.2) is 43.0 Å². The van der Waals surface area contributed by atoms with Gasteiger partial charge in [0, 0.05) is 6.07 Å². The number of carbonyl (C=O) groups is 1. The third kappa shape index (κ3) is 9.99. The number of hydrogen-bond acceptors (Lipinski definition) is 8. The number of halogens is 3. The number of aryl methyl sites for hydroxylation is 1. The summed E-state index contributed by atoms with van der Waals surface area (Å²) >= 11 is 0. The van der Waals surface area contributed by atoms with E-state index in [1.54, 1.807) is 24.7 Å². The highest BCUT2D eigenvalue weighted by Crippen LogP contribution is 2.15. The van der Waals surface area contributed by atoms with Crippen LogP contribution >= 0.6 is 0 Å². The topological polar surface area (TPSA) is 126 Å². The van der Waals surface area contributed by atoms with E-state index in [1.807, 2.05) is 20.8 Å². The molecule has 2 aromatic heterocycles. The van der Waals surface area contributed by atoms with Crippen LogP contribution in [0.15, 0.2) is 35.3 Å². The number of carbonyl (C=O) groups excluding carboxylic acids is 1. The molecule has 0 aromatic carbocycles. The molecular formula is C16H20F3N3O6S. The molecular weight excluding hydrogens is 419 g/mol. The summed E-state index contributed by atoms with van der Waals surface area (Å²) in [4.78, 5) is 12.8. The maximum atomic E-state index is 11.8. The summed E-state index contributed by atoms with van der Waals surface area (Å²) in [6, 6.07) is 1.77. The van der Waals surface area contributed by atoms with Crippen LogP contribution in [0.3, 0.4) is 0 Å². The Morgan fingerprint density at radius 3 is 2.34 bits per heavy atom. The fourth-order valence-corrected chi connectivity index (χ4v) is 2.60. The highest BCUT2D eigenvalue weighted by atomic mass is 32.2. The summed E-state index contributed by atoms with van der Waals surface area (Å²) < 4.78 is 66.9. The van der Waals surface area contributed by atoms with E-state index < -0.39 is 22.3 Å². The summed E-state index contributed by atoms with van der Waals surface area (Å²) in [5.74, 6) is -2.66. The number of carboxylic acids is 1. The van der Waals surface area contributed by atoms with Crippen molar-refractivity contribution in [1.82, 2.24) is 10.1 Å². The van der Waals surface area contributed by atoms with Crippen LogP contribution in [0, 0.1) is 5.41 Å². The van der Waals surface area contributed by atoms with Crippen LogP contribution in [0.2, 0.25) is 0 Å². The second-order valence-corrected chi connectivity index (χ2v) is 8.65. The van der Waals surface area contributed by atoms with E-state index in [-0.39, 0.29) is 24.3 Å². The van der Waals surface area contributed by atoms with Crippen LogP contribution in [-0.2, 0) is 25.6 Å². The summed E-state index contributed by atoms with van der Waals surface area (Å²) in [7, 11) is -3.56. The van der Waals surface area contributed by atoms with Crippen molar-refractivity contribution < 1.29 is 44.8 Å². The molecule has 0 bridgehead atoms. The lowest BCUT2D eigenvalue weighted by molar-refractivity contribution is -0.750. The summed E-state index contributed by atoms with van der Waals surface area (Å²) in [5.41, 5.74) is 0.531. The Morgan fingerprint density at radius 2 is 1.93 bits per heavy atom. The zero-order valence-electron chi connectivity index (χ0n) is 15.8. The standard InChI is InChI=1S/C14H20N3O4S.C2HF3O2/c1-14(2,3)11-21-22(18,19)9-7-17-6-4-12(10-16-17)13-15-5-8-20-13;3-2(4,5)1(6)7/h4-6,8,10H,7,9,11H2,1-3H3;(H,6,7)/q+1;/p-1. The van der Waals surface area contributed by atoms with Gasteiger partial charge in [-0.3, -0.25) is 4.18 Å². The zero-order valence-corrected chi connectivity index (χ0v) is 16.7. The summed E-state index contributed by atoms with van der Waals surface area (Å²) in [5, 5.41) is 12.9. The Morgan fingerprint density at radius 1 is 1.31 bits per heavy atom. The van der Waals surface area contributed by atoms with Gasteiger partial charge in [0.15, 0.2) is 12.7 Å². The predicted molar refractivity (Wildman–Crippen MR) is 90.2 cm³/mol. The number of hydrogen-bond donors (Lipinski definition) is 0. The van der Waals surface area contributed by atoms with Gasteiger partial charge in [-0.15, -0.1) is 0 Å². The van der Waals surface area contributed by atoms with E-state index in [2.05, 4.69) is 10.1 Å². The zero-order chi connectivity index (χ0) is 22.3. The van der Waals surface area contributed by atoms with Crippen molar-refractivity contribution in [2.24, 2.45) is 5.41 Å². The van der Waals surface area contributed by atoms with Crippen molar-refractivity contribution >= 4 is 16.1 Å². The van der Waals surface area contributed by atoms with Gasteiger partial charge < -0.3 is 14.3 Å². The lowest BCUT2D eigenvalue weighted by Gasteiger charge is -2.17. The van der Waals surface area contributed by atoms with Gasteiger partial charge in [-0.05, 0) is 10.5 Å². The van der Waals surface area contributed by atoms with Gasteiger partial charge in [-0.25, -0.2) is 4.98 Å². The largest absolute Gasteiger partial charge is 0.542 e. The number of rotatable bonds is 6. The molecule has 9 nitrogen and oxygen atoms in total. The van der Waals surface area contributed by atoms with Gasteiger partial charge in [0.25, 0.3) is 10.1 Å². The van der Waals surface area contributed by atoms with Crippen molar-refractivity contribution in [2.45, 2.75) is 33.5 Å². The van der Waals surface area contributed by atoms with Gasteiger partial charge in [-0.2, -0.15) is 21.6 Å². The Kier molecular flexibility index (Phi) is 8.26. The van der Waals surface area contributed by atoms with E-state index in [0.717, 1.165) is 5.56 Å². The molecule has 0 radical (unpaired) electrons. The fraction of sp³-hybridized carbons (Fsp3) is 0.500. The minimum atomic E-state index is -5.19. The molecule has 0 saturated carbocycles. The van der Waals surface area contributed by atoms with Gasteiger partial charge in [0.05, 0.1) is 18.4 Å². The minimum Gasteiger partial charge on any atom is -0.542 e. The van der Waals surface area contributed by atoms with E-state index in [4.69, 9.17) is 18.5 Å². The predicted octanol–water partition coefficient (Wildman–Crippen LogP) is 0.715. The van der Waals surface area contributed by atoms with E-state index in [9.17, 15) is 21.6 Å². The number of alkyl halides is 3. The molecule has 0 spiro atoms. The number of oxazole rings is 1. The molecule has 0 aliphatic heterocycles. The van der Waals surface area contributed by atoms with Crippen molar-refractivity contribution in [1.29, 1.82) is 0 Å². The molecule has 0 N–H and O–H groups in total. The van der Waals surface area contributed by atoms with Gasteiger partial charge in [0.2, 0.25) is 5.89 Å². The van der Waals surface area contributed by atoms with Crippen LogP contribution < -0.4 is 9.79 Å². The number of aliphatic carboxylic acids is 1. The maximum absolute atomic E-state index is 11.8. The number of aromatic nitrogens is 3. The molecule has 2 aromatic rings. The quantitative estimate of drug-likeness (QED) is 0.476. The molecule has 29 heavy (non-hydrogen) atoms. The monoisotopic (exact) mass is 439 g/mol. The molecule has 0 amide bonds. The normalized spacial score (nSPS) is 12.2. The van der Waals surface area contributed by atoms with E-state index >= 15 is 0 Å². The smallest absolute Gasteiger partial charge is 0.430 e. The molecule has 0 aliphatic carbocycles. The fourth-order valence-electron chi connectivity index (χ4n) is 1.54. The second-order valence-electron chi connectivity index (χ2n) is 6.89. The van der Waals surface area contributed by atoms with Crippen LogP contribution in [0.4, 0.5) is 13.2 Å². The Bertz CT molecular complexity index is 876. The average molecular weight is 439 g/mol. The molecule has 0 fully saturated rings. The van der Waals surface area contributed by atoms with Crippen LogP contribution in [0.25, 0.3) is 11.5 Å². The average Bonchev–Trinajstić information content (AvgIpc) is 3.13. The third-order valence-corrected chi connectivity index (χ3v) is 4.08. The van der Waals surface area contributed by atoms with Crippen molar-refractivity contribution in [3.8, 4) is 11.5 Å². The Hall–Kier alpha value is -2.54. The molecule has 2 heterocycles. The van der Waals surface area contributed by atoms with Crippen molar-refractivity contribution in [2.75, 3.05) is 12.4 Å². The molecule has 13 heteroatoms. The lowest BCUT2D eigenvalue weighted by atomic mass is 9.99. The Labute approximate surface area is 165 Å². The molecule has 0 aliphatic rings. The SMILES string of the molecule is CC(C)(C)COS(=O)(=O)CC[n+]1ccc(-c2ncco2)cn1.O=C([O-])C(F)(F)F.